The lowest BCUT2D eigenvalue weighted by Crippen LogP contribution is -2.39. The molecular weight excluding hydrogens is 262 g/mol. The monoisotopic (exact) mass is 289 g/mol. The van der Waals surface area contributed by atoms with E-state index in [1.54, 1.807) is 0 Å². The molecule has 0 saturated heterocycles. The van der Waals surface area contributed by atoms with E-state index in [-0.39, 0.29) is 17.2 Å². The molecule has 0 bridgehead atoms. The molecule has 116 valence electrons. The van der Waals surface area contributed by atoms with Gasteiger partial charge in [-0.05, 0) is 42.2 Å². The van der Waals surface area contributed by atoms with Crippen molar-refractivity contribution in [2.45, 2.75) is 52.6 Å². The molecule has 1 amide bonds. The molecule has 0 spiro atoms. The Balaban J connectivity index is 1.82. The highest BCUT2D eigenvalue weighted by Gasteiger charge is 2.25. The Morgan fingerprint density at radius 3 is 2.67 bits per heavy atom. The maximum Gasteiger partial charge on any atom is 0.223 e. The van der Waals surface area contributed by atoms with E-state index in [0.29, 0.717) is 13.0 Å². The molecule has 3 nitrogen and oxygen atoms in total. The molecule has 0 aromatic heterocycles. The van der Waals surface area contributed by atoms with Crippen molar-refractivity contribution in [3.63, 3.8) is 0 Å². The number of fused-ring (bicyclic) bond motifs is 1. The molecule has 1 aromatic carbocycles. The van der Waals surface area contributed by atoms with Crippen LogP contribution in [0.4, 0.5) is 0 Å². The quantitative estimate of drug-likeness (QED) is 0.895. The second-order valence-electron chi connectivity index (χ2n) is 7.37. The lowest BCUT2D eigenvalue weighted by atomic mass is 9.83. The van der Waals surface area contributed by atoms with Gasteiger partial charge in [0.05, 0.1) is 6.10 Å². The van der Waals surface area contributed by atoms with E-state index < -0.39 is 6.10 Å². The highest BCUT2D eigenvalue weighted by Crippen LogP contribution is 2.25. The number of benzene rings is 1. The topological polar surface area (TPSA) is 49.3 Å². The van der Waals surface area contributed by atoms with Gasteiger partial charge in [0.15, 0.2) is 0 Å². The molecule has 2 N–H and O–H groups in total. The van der Waals surface area contributed by atoms with Gasteiger partial charge in [-0.3, -0.25) is 4.79 Å². The summed E-state index contributed by atoms with van der Waals surface area (Å²) in [5, 5.41) is 12.9. The first-order valence-electron chi connectivity index (χ1n) is 7.88. The molecule has 21 heavy (non-hydrogen) atoms. The molecular formula is C18H27NO2. The second kappa shape index (κ2) is 6.61. The van der Waals surface area contributed by atoms with Gasteiger partial charge in [-0.1, -0.05) is 45.0 Å². The van der Waals surface area contributed by atoms with Crippen molar-refractivity contribution in [1.82, 2.24) is 5.32 Å². The molecule has 0 fully saturated rings. The first kappa shape index (κ1) is 16.0. The number of hydrogen-bond acceptors (Lipinski definition) is 2. The van der Waals surface area contributed by atoms with Crippen molar-refractivity contribution in [1.29, 1.82) is 0 Å². The summed E-state index contributed by atoms with van der Waals surface area (Å²) >= 11 is 0. The Morgan fingerprint density at radius 1 is 1.33 bits per heavy atom. The molecule has 1 aliphatic rings. The molecule has 0 aliphatic heterocycles. The number of carbonyl (C=O) groups excluding carboxylic acids is 1. The van der Waals surface area contributed by atoms with Crippen molar-refractivity contribution in [3.8, 4) is 0 Å². The Morgan fingerprint density at radius 2 is 2.00 bits per heavy atom. The third-order valence-electron chi connectivity index (χ3n) is 4.08. The Labute approximate surface area is 127 Å². The molecule has 2 rings (SSSR count). The summed E-state index contributed by atoms with van der Waals surface area (Å²) in [6.45, 7) is 6.64. The number of hydrogen-bond donors (Lipinski definition) is 2. The Hall–Kier alpha value is -1.35. The zero-order chi connectivity index (χ0) is 15.5. The molecule has 0 saturated carbocycles. The van der Waals surface area contributed by atoms with Crippen LogP contribution in [0.25, 0.3) is 0 Å². The molecule has 2 atom stereocenters. The summed E-state index contributed by atoms with van der Waals surface area (Å²) < 4.78 is 0. The van der Waals surface area contributed by atoms with Crippen LogP contribution < -0.4 is 5.32 Å². The number of carbonyl (C=O) groups is 1. The van der Waals surface area contributed by atoms with Gasteiger partial charge in [-0.2, -0.15) is 0 Å². The van der Waals surface area contributed by atoms with E-state index in [4.69, 9.17) is 0 Å². The van der Waals surface area contributed by atoms with Crippen LogP contribution in [0, 0.1) is 11.3 Å². The van der Waals surface area contributed by atoms with Crippen LogP contribution in [0.5, 0.6) is 0 Å². The normalized spacial score (nSPS) is 19.7. The summed E-state index contributed by atoms with van der Waals surface area (Å²) in [6, 6.07) is 8.36. The van der Waals surface area contributed by atoms with Crippen LogP contribution in [0.1, 0.15) is 44.7 Å². The second-order valence-corrected chi connectivity index (χ2v) is 7.37. The van der Waals surface area contributed by atoms with Gasteiger partial charge in [0.1, 0.15) is 0 Å². The van der Waals surface area contributed by atoms with E-state index >= 15 is 0 Å². The summed E-state index contributed by atoms with van der Waals surface area (Å²) in [5.74, 6) is 0.124. The molecule has 3 heteroatoms. The van der Waals surface area contributed by atoms with Gasteiger partial charge in [0.25, 0.3) is 0 Å². The molecule has 2 unspecified atom stereocenters. The van der Waals surface area contributed by atoms with E-state index in [1.807, 2.05) is 6.07 Å². The largest absolute Gasteiger partial charge is 0.391 e. The standard InChI is InChI=1S/C18H27NO2/c1-18(2,3)11-16(20)12-19-17(21)15-9-8-13-6-4-5-7-14(13)10-15/h4-7,15-16,20H,8-12H2,1-3H3,(H,19,21). The molecule has 0 radical (unpaired) electrons. The fourth-order valence-electron chi connectivity index (χ4n) is 3.06. The van der Waals surface area contributed by atoms with Crippen molar-refractivity contribution < 1.29 is 9.90 Å². The number of aliphatic hydroxyl groups is 1. The number of amides is 1. The first-order valence-corrected chi connectivity index (χ1v) is 7.88. The maximum atomic E-state index is 12.3. The zero-order valence-electron chi connectivity index (χ0n) is 13.4. The van der Waals surface area contributed by atoms with Crippen LogP contribution >= 0.6 is 0 Å². The minimum atomic E-state index is -0.468. The van der Waals surface area contributed by atoms with Gasteiger partial charge in [-0.25, -0.2) is 0 Å². The highest BCUT2D eigenvalue weighted by molar-refractivity contribution is 5.79. The zero-order valence-corrected chi connectivity index (χ0v) is 13.4. The summed E-state index contributed by atoms with van der Waals surface area (Å²) in [7, 11) is 0. The maximum absolute atomic E-state index is 12.3. The van der Waals surface area contributed by atoms with E-state index in [1.165, 1.54) is 11.1 Å². The lowest BCUT2D eigenvalue weighted by Gasteiger charge is -2.26. The molecule has 1 aliphatic carbocycles. The van der Waals surface area contributed by atoms with Crippen LogP contribution in [0.2, 0.25) is 0 Å². The molecule has 0 heterocycles. The minimum absolute atomic E-state index is 0.0433. The van der Waals surface area contributed by atoms with Crippen LogP contribution in [0.15, 0.2) is 24.3 Å². The number of rotatable bonds is 4. The third kappa shape index (κ3) is 4.85. The van der Waals surface area contributed by atoms with Crippen LogP contribution in [-0.4, -0.2) is 23.7 Å². The summed E-state index contributed by atoms with van der Waals surface area (Å²) in [4.78, 5) is 12.3. The van der Waals surface area contributed by atoms with Crippen molar-refractivity contribution in [2.24, 2.45) is 11.3 Å². The van der Waals surface area contributed by atoms with Crippen LogP contribution in [-0.2, 0) is 17.6 Å². The van der Waals surface area contributed by atoms with Gasteiger partial charge < -0.3 is 10.4 Å². The van der Waals surface area contributed by atoms with Crippen LogP contribution in [0.3, 0.4) is 0 Å². The third-order valence-corrected chi connectivity index (χ3v) is 4.08. The predicted octanol–water partition coefficient (Wildman–Crippen LogP) is 2.70. The lowest BCUT2D eigenvalue weighted by molar-refractivity contribution is -0.125. The van der Waals surface area contributed by atoms with Crippen molar-refractivity contribution >= 4 is 5.91 Å². The first-order chi connectivity index (χ1) is 9.85. The van der Waals surface area contributed by atoms with Gasteiger partial charge in [0.2, 0.25) is 5.91 Å². The van der Waals surface area contributed by atoms with Gasteiger partial charge >= 0.3 is 0 Å². The fraction of sp³-hybridized carbons (Fsp3) is 0.611. The number of nitrogens with one attached hydrogen (secondary N) is 1. The molecule has 1 aromatic rings. The highest BCUT2D eigenvalue weighted by atomic mass is 16.3. The SMILES string of the molecule is CC(C)(C)CC(O)CNC(=O)C1CCc2ccccc2C1. The van der Waals surface area contributed by atoms with E-state index in [9.17, 15) is 9.90 Å². The van der Waals surface area contributed by atoms with Crippen molar-refractivity contribution in [2.75, 3.05) is 6.54 Å². The Bertz CT molecular complexity index is 490. The predicted molar refractivity (Wildman–Crippen MR) is 85.0 cm³/mol. The van der Waals surface area contributed by atoms with Gasteiger partial charge in [0, 0.05) is 12.5 Å². The minimum Gasteiger partial charge on any atom is -0.391 e. The summed E-state index contributed by atoms with van der Waals surface area (Å²) in [5.41, 5.74) is 2.74. The smallest absolute Gasteiger partial charge is 0.223 e. The van der Waals surface area contributed by atoms with E-state index in [2.05, 4.69) is 44.3 Å². The Kier molecular flexibility index (Phi) is 5.04. The average Bonchev–Trinajstić information content (AvgIpc) is 2.42. The summed E-state index contributed by atoms with van der Waals surface area (Å²) in [6.07, 6.45) is 2.92. The number of aryl methyl sites for hydroxylation is 1. The van der Waals surface area contributed by atoms with Gasteiger partial charge in [-0.15, -0.1) is 0 Å². The van der Waals surface area contributed by atoms with Crippen molar-refractivity contribution in [3.05, 3.63) is 35.4 Å². The number of aliphatic hydroxyl groups excluding tert-OH is 1. The fourth-order valence-corrected chi connectivity index (χ4v) is 3.06. The average molecular weight is 289 g/mol. The van der Waals surface area contributed by atoms with E-state index in [0.717, 1.165) is 19.3 Å².